The Bertz CT molecular complexity index is 361. The van der Waals surface area contributed by atoms with E-state index in [2.05, 4.69) is 26.1 Å². The lowest BCUT2D eigenvalue weighted by Crippen LogP contribution is -2.46. The summed E-state index contributed by atoms with van der Waals surface area (Å²) in [4.78, 5) is 0. The number of benzene rings is 1. The van der Waals surface area contributed by atoms with Gasteiger partial charge in [0.25, 0.3) is 0 Å². The monoisotopic (exact) mass is 268 g/mol. The molecule has 0 saturated heterocycles. The Hall–Kier alpha value is -0.730. The number of nitrogens with two attached hydrogens (primary N) is 1. The van der Waals surface area contributed by atoms with Crippen LogP contribution in [0.25, 0.3) is 0 Å². The van der Waals surface area contributed by atoms with Gasteiger partial charge in [-0.05, 0) is 37.0 Å². The summed E-state index contributed by atoms with van der Waals surface area (Å²) in [6, 6.07) is 7.85. The first-order valence-corrected chi connectivity index (χ1v) is 7.17. The van der Waals surface area contributed by atoms with Crippen LogP contribution in [-0.2, 0) is 0 Å². The van der Waals surface area contributed by atoms with Crippen LogP contribution in [0.1, 0.15) is 40.0 Å². The van der Waals surface area contributed by atoms with Gasteiger partial charge in [-0.1, -0.05) is 44.9 Å². The molecule has 0 aliphatic carbocycles. The topological polar surface area (TPSA) is 38.0 Å². The Morgan fingerprint density at radius 1 is 1.39 bits per heavy atom. The molecule has 2 nitrogen and oxygen atoms in total. The van der Waals surface area contributed by atoms with E-state index in [1.807, 2.05) is 24.3 Å². The highest BCUT2D eigenvalue weighted by Crippen LogP contribution is 2.27. The second-order valence-corrected chi connectivity index (χ2v) is 5.63. The highest BCUT2D eigenvalue weighted by molar-refractivity contribution is 6.30. The van der Waals surface area contributed by atoms with Gasteiger partial charge in [0.1, 0.15) is 0 Å². The molecule has 0 radical (unpaired) electrons. The van der Waals surface area contributed by atoms with E-state index < -0.39 is 0 Å². The molecular formula is C15H25ClN2. The second-order valence-electron chi connectivity index (χ2n) is 5.19. The molecule has 0 spiro atoms. The summed E-state index contributed by atoms with van der Waals surface area (Å²) in [5, 5.41) is 4.34. The lowest BCUT2D eigenvalue weighted by atomic mass is 9.84. The van der Waals surface area contributed by atoms with E-state index in [0.717, 1.165) is 23.6 Å². The summed E-state index contributed by atoms with van der Waals surface area (Å²) < 4.78 is 0. The molecule has 102 valence electrons. The van der Waals surface area contributed by atoms with Crippen LogP contribution in [0.15, 0.2) is 24.3 Å². The Morgan fingerprint density at radius 2 is 2.11 bits per heavy atom. The van der Waals surface area contributed by atoms with E-state index in [1.54, 1.807) is 0 Å². The zero-order chi connectivity index (χ0) is 13.6. The fourth-order valence-electron chi connectivity index (χ4n) is 2.25. The first-order valence-electron chi connectivity index (χ1n) is 6.79. The van der Waals surface area contributed by atoms with Crippen LogP contribution in [-0.4, -0.2) is 12.1 Å². The smallest absolute Gasteiger partial charge is 0.0495 e. The molecule has 0 heterocycles. The predicted octanol–water partition coefficient (Wildman–Crippen LogP) is 4.30. The maximum atomic E-state index is 6.02. The minimum absolute atomic E-state index is 0.0277. The van der Waals surface area contributed by atoms with Crippen molar-refractivity contribution in [3.05, 3.63) is 29.3 Å². The Morgan fingerprint density at radius 3 is 2.61 bits per heavy atom. The van der Waals surface area contributed by atoms with Crippen molar-refractivity contribution in [2.45, 2.75) is 45.6 Å². The third kappa shape index (κ3) is 4.18. The van der Waals surface area contributed by atoms with Crippen LogP contribution < -0.4 is 11.1 Å². The third-order valence-electron chi connectivity index (χ3n) is 3.74. The molecule has 0 amide bonds. The quantitative estimate of drug-likeness (QED) is 0.774. The molecule has 1 aromatic rings. The van der Waals surface area contributed by atoms with Crippen molar-refractivity contribution in [3.8, 4) is 0 Å². The summed E-state index contributed by atoms with van der Waals surface area (Å²) in [7, 11) is 0. The fraction of sp³-hybridized carbons (Fsp3) is 0.600. The van der Waals surface area contributed by atoms with Gasteiger partial charge in [0.2, 0.25) is 0 Å². The van der Waals surface area contributed by atoms with Gasteiger partial charge in [0.05, 0.1) is 0 Å². The fourth-order valence-corrected chi connectivity index (χ4v) is 2.44. The van der Waals surface area contributed by atoms with Gasteiger partial charge < -0.3 is 11.1 Å². The molecule has 0 aromatic heterocycles. The molecule has 0 saturated carbocycles. The predicted molar refractivity (Wildman–Crippen MR) is 81.2 cm³/mol. The lowest BCUT2D eigenvalue weighted by Gasteiger charge is -2.36. The molecule has 0 fully saturated rings. The lowest BCUT2D eigenvalue weighted by molar-refractivity contribution is 0.346. The van der Waals surface area contributed by atoms with E-state index >= 15 is 0 Å². The first kappa shape index (κ1) is 15.3. The maximum absolute atomic E-state index is 6.02. The minimum atomic E-state index is -0.0277. The number of hydrogen-bond donors (Lipinski definition) is 2. The van der Waals surface area contributed by atoms with Gasteiger partial charge in [-0.3, -0.25) is 0 Å². The van der Waals surface area contributed by atoms with E-state index in [0.29, 0.717) is 12.5 Å². The summed E-state index contributed by atoms with van der Waals surface area (Å²) in [6.07, 6.45) is 3.28. The van der Waals surface area contributed by atoms with Crippen molar-refractivity contribution in [3.63, 3.8) is 0 Å². The van der Waals surface area contributed by atoms with Gasteiger partial charge in [0.15, 0.2) is 0 Å². The Kier molecular flexibility index (Phi) is 5.97. The summed E-state index contributed by atoms with van der Waals surface area (Å²) in [5.74, 6) is 0.667. The van der Waals surface area contributed by atoms with E-state index in [-0.39, 0.29) is 5.54 Å². The number of rotatable bonds is 7. The normalized spacial score (nSPS) is 16.1. The summed E-state index contributed by atoms with van der Waals surface area (Å²) >= 11 is 6.02. The summed E-state index contributed by atoms with van der Waals surface area (Å²) in [6.45, 7) is 7.33. The van der Waals surface area contributed by atoms with Crippen LogP contribution in [0.3, 0.4) is 0 Å². The highest BCUT2D eigenvalue weighted by atomic mass is 35.5. The number of anilines is 1. The van der Waals surface area contributed by atoms with Crippen LogP contribution in [0, 0.1) is 5.92 Å². The van der Waals surface area contributed by atoms with E-state index in [9.17, 15) is 0 Å². The van der Waals surface area contributed by atoms with Gasteiger partial charge in [-0.25, -0.2) is 0 Å². The molecular weight excluding hydrogens is 244 g/mol. The largest absolute Gasteiger partial charge is 0.378 e. The zero-order valence-electron chi connectivity index (χ0n) is 11.7. The van der Waals surface area contributed by atoms with Crippen LogP contribution >= 0.6 is 11.6 Å². The second kappa shape index (κ2) is 7.01. The molecule has 1 rings (SSSR count). The average molecular weight is 269 g/mol. The van der Waals surface area contributed by atoms with Gasteiger partial charge in [0, 0.05) is 22.8 Å². The van der Waals surface area contributed by atoms with E-state index in [1.165, 1.54) is 6.42 Å². The molecule has 0 bridgehead atoms. The molecule has 3 N–H and O–H groups in total. The first-order chi connectivity index (χ1) is 8.55. The minimum Gasteiger partial charge on any atom is -0.378 e. The zero-order valence-corrected chi connectivity index (χ0v) is 12.4. The number of nitrogens with one attached hydrogen (secondary N) is 1. The molecule has 0 aliphatic rings. The number of hydrogen-bond acceptors (Lipinski definition) is 2. The average Bonchev–Trinajstić information content (AvgIpc) is 2.37. The third-order valence-corrected chi connectivity index (χ3v) is 3.97. The van der Waals surface area contributed by atoms with Crippen molar-refractivity contribution < 1.29 is 0 Å². The van der Waals surface area contributed by atoms with Crippen LogP contribution in [0.5, 0.6) is 0 Å². The van der Waals surface area contributed by atoms with Gasteiger partial charge in [-0.2, -0.15) is 0 Å². The van der Waals surface area contributed by atoms with Crippen LogP contribution in [0.2, 0.25) is 5.02 Å². The van der Waals surface area contributed by atoms with Crippen LogP contribution in [0.4, 0.5) is 5.69 Å². The van der Waals surface area contributed by atoms with E-state index in [4.69, 9.17) is 17.3 Å². The van der Waals surface area contributed by atoms with Crippen molar-refractivity contribution in [1.29, 1.82) is 0 Å². The van der Waals surface area contributed by atoms with Crippen molar-refractivity contribution in [1.82, 2.24) is 0 Å². The highest BCUT2D eigenvalue weighted by Gasteiger charge is 2.28. The van der Waals surface area contributed by atoms with Crippen molar-refractivity contribution in [2.24, 2.45) is 11.7 Å². The SMILES string of the molecule is CCC(C)CC(CC)(CN)Nc1cccc(Cl)c1. The van der Waals surface area contributed by atoms with Crippen molar-refractivity contribution >= 4 is 17.3 Å². The molecule has 18 heavy (non-hydrogen) atoms. The van der Waals surface area contributed by atoms with Crippen molar-refractivity contribution in [2.75, 3.05) is 11.9 Å². The molecule has 2 unspecified atom stereocenters. The Labute approximate surface area is 116 Å². The molecule has 2 atom stereocenters. The maximum Gasteiger partial charge on any atom is 0.0495 e. The molecule has 3 heteroatoms. The number of halogens is 1. The molecule has 0 aliphatic heterocycles. The Balaban J connectivity index is 2.84. The standard InChI is InChI=1S/C15H25ClN2/c1-4-12(3)10-15(5-2,11-17)18-14-8-6-7-13(16)9-14/h6-9,12,18H,4-5,10-11,17H2,1-3H3. The van der Waals surface area contributed by atoms with Gasteiger partial charge in [-0.15, -0.1) is 0 Å². The van der Waals surface area contributed by atoms with Gasteiger partial charge >= 0.3 is 0 Å². The molecule has 1 aromatic carbocycles. The summed E-state index contributed by atoms with van der Waals surface area (Å²) in [5.41, 5.74) is 7.04.